The maximum atomic E-state index is 10.7. The summed E-state index contributed by atoms with van der Waals surface area (Å²) >= 11 is 5.29. The molecular formula is C17H16N6O3S. The largest absolute Gasteiger partial charge is 0.481 e. The third-order valence-corrected chi connectivity index (χ3v) is 4.52. The molecule has 4 rings (SSSR count). The summed E-state index contributed by atoms with van der Waals surface area (Å²) < 4.78 is 7.13. The predicted molar refractivity (Wildman–Crippen MR) is 99.6 cm³/mol. The number of rotatable bonds is 6. The van der Waals surface area contributed by atoms with Crippen LogP contribution in [0, 0.1) is 4.77 Å². The zero-order valence-electron chi connectivity index (χ0n) is 14.2. The lowest BCUT2D eigenvalue weighted by atomic mass is 10.2. The average Bonchev–Trinajstić information content (AvgIpc) is 3.35. The van der Waals surface area contributed by atoms with E-state index >= 15 is 0 Å². The van der Waals surface area contributed by atoms with Crippen molar-refractivity contribution in [1.82, 2.24) is 25.1 Å². The second-order valence-electron chi connectivity index (χ2n) is 6.01. The van der Waals surface area contributed by atoms with Crippen LogP contribution in [0.4, 0.5) is 0 Å². The van der Waals surface area contributed by atoms with Gasteiger partial charge in [-0.05, 0) is 43.6 Å². The van der Waals surface area contributed by atoms with Crippen molar-refractivity contribution in [3.8, 4) is 17.3 Å². The van der Waals surface area contributed by atoms with Crippen LogP contribution in [0.5, 0.6) is 5.75 Å². The Morgan fingerprint density at radius 2 is 2.19 bits per heavy atom. The number of para-hydroxylation sites is 1. The van der Waals surface area contributed by atoms with E-state index in [4.69, 9.17) is 22.1 Å². The van der Waals surface area contributed by atoms with Crippen molar-refractivity contribution in [1.29, 1.82) is 0 Å². The standard InChI is InChI=1S/C17H16N6O3S/c24-14(25)9-26-13-7-2-1-4-10(13)8-18-23-16(21-22-17(23)27)15-11-5-3-6-12(11)19-20-15/h1-2,4,7-8H,3,5-6,9H2,(H,19,20)(H,22,27)(H,24,25)/b18-8+. The number of carboxylic acid groups (broad SMARTS) is 1. The molecule has 27 heavy (non-hydrogen) atoms. The first kappa shape index (κ1) is 17.2. The molecule has 2 heterocycles. The fourth-order valence-corrected chi connectivity index (χ4v) is 3.21. The van der Waals surface area contributed by atoms with E-state index in [1.54, 1.807) is 24.4 Å². The van der Waals surface area contributed by atoms with Crippen molar-refractivity contribution < 1.29 is 14.6 Å². The number of ether oxygens (including phenoxy) is 1. The predicted octanol–water partition coefficient (Wildman–Crippen LogP) is 2.17. The highest BCUT2D eigenvalue weighted by Gasteiger charge is 2.23. The number of nitrogens with one attached hydrogen (secondary N) is 2. The summed E-state index contributed by atoms with van der Waals surface area (Å²) in [4.78, 5) is 10.7. The molecule has 0 saturated heterocycles. The molecule has 3 N–H and O–H groups in total. The number of carbonyl (C=O) groups is 1. The van der Waals surface area contributed by atoms with Gasteiger partial charge in [0.25, 0.3) is 0 Å². The lowest BCUT2D eigenvalue weighted by molar-refractivity contribution is -0.139. The Bertz CT molecular complexity index is 1080. The molecule has 0 aliphatic heterocycles. The summed E-state index contributed by atoms with van der Waals surface area (Å²) in [7, 11) is 0. The average molecular weight is 384 g/mol. The minimum atomic E-state index is -1.05. The van der Waals surface area contributed by atoms with Gasteiger partial charge in [-0.2, -0.15) is 20.0 Å². The zero-order chi connectivity index (χ0) is 18.8. The minimum Gasteiger partial charge on any atom is -0.481 e. The molecule has 10 heteroatoms. The van der Waals surface area contributed by atoms with Gasteiger partial charge < -0.3 is 9.84 Å². The van der Waals surface area contributed by atoms with Crippen molar-refractivity contribution in [2.24, 2.45) is 5.10 Å². The summed E-state index contributed by atoms with van der Waals surface area (Å²) in [5.41, 5.74) is 3.63. The van der Waals surface area contributed by atoms with Crippen LogP contribution >= 0.6 is 12.2 Å². The third kappa shape index (κ3) is 3.38. The van der Waals surface area contributed by atoms with E-state index in [1.165, 1.54) is 4.68 Å². The molecule has 2 aromatic heterocycles. The Kier molecular flexibility index (Phi) is 4.55. The number of aromatic nitrogens is 5. The summed E-state index contributed by atoms with van der Waals surface area (Å²) in [6, 6.07) is 7.03. The summed E-state index contributed by atoms with van der Waals surface area (Å²) in [5, 5.41) is 27.7. The Labute approximate surface area is 158 Å². The molecule has 9 nitrogen and oxygen atoms in total. The first-order valence-electron chi connectivity index (χ1n) is 8.35. The number of hydrogen-bond donors (Lipinski definition) is 3. The van der Waals surface area contributed by atoms with Gasteiger partial charge in [0.1, 0.15) is 11.4 Å². The Morgan fingerprint density at radius 3 is 3.04 bits per heavy atom. The molecule has 0 fully saturated rings. The number of aliphatic carboxylic acids is 1. The van der Waals surface area contributed by atoms with E-state index in [0.29, 0.717) is 21.9 Å². The van der Waals surface area contributed by atoms with E-state index in [9.17, 15) is 4.79 Å². The van der Waals surface area contributed by atoms with Crippen LogP contribution in [0.2, 0.25) is 0 Å². The fraction of sp³-hybridized carbons (Fsp3) is 0.235. The lowest BCUT2D eigenvalue weighted by Crippen LogP contribution is -2.10. The second-order valence-corrected chi connectivity index (χ2v) is 6.40. The van der Waals surface area contributed by atoms with Gasteiger partial charge in [-0.3, -0.25) is 5.10 Å². The quantitative estimate of drug-likeness (QED) is 0.442. The number of aryl methyl sites for hydroxylation is 1. The van der Waals surface area contributed by atoms with Crippen molar-refractivity contribution in [2.75, 3.05) is 6.61 Å². The van der Waals surface area contributed by atoms with Gasteiger partial charge in [-0.1, -0.05) is 12.1 Å². The second kappa shape index (κ2) is 7.16. The van der Waals surface area contributed by atoms with Gasteiger partial charge >= 0.3 is 5.97 Å². The number of nitrogens with zero attached hydrogens (tertiary/aromatic N) is 4. The monoisotopic (exact) mass is 384 g/mol. The van der Waals surface area contributed by atoms with Crippen LogP contribution in [0.1, 0.15) is 23.2 Å². The van der Waals surface area contributed by atoms with Gasteiger partial charge in [-0.15, -0.1) is 0 Å². The number of aromatic amines is 2. The Balaban J connectivity index is 1.67. The van der Waals surface area contributed by atoms with E-state index in [0.717, 1.165) is 36.2 Å². The highest BCUT2D eigenvalue weighted by molar-refractivity contribution is 7.71. The summed E-state index contributed by atoms with van der Waals surface area (Å²) in [5.74, 6) is -0.103. The number of carboxylic acids is 1. The molecule has 0 saturated carbocycles. The molecule has 0 atom stereocenters. The normalized spacial score (nSPS) is 13.2. The van der Waals surface area contributed by atoms with Crippen LogP contribution in [0.25, 0.3) is 11.5 Å². The van der Waals surface area contributed by atoms with Gasteiger partial charge in [0.2, 0.25) is 10.6 Å². The Morgan fingerprint density at radius 1 is 1.33 bits per heavy atom. The first-order chi connectivity index (χ1) is 13.1. The SMILES string of the molecule is O=C(O)COc1ccccc1/C=N/n1c(-c2n[nH]c3c2CCC3)n[nH]c1=S. The molecule has 1 aromatic carbocycles. The molecule has 0 spiro atoms. The molecule has 138 valence electrons. The first-order valence-corrected chi connectivity index (χ1v) is 8.76. The smallest absolute Gasteiger partial charge is 0.341 e. The van der Waals surface area contributed by atoms with Gasteiger partial charge in [0.05, 0.1) is 6.21 Å². The van der Waals surface area contributed by atoms with Crippen LogP contribution in [-0.4, -0.2) is 49.0 Å². The third-order valence-electron chi connectivity index (χ3n) is 4.25. The van der Waals surface area contributed by atoms with E-state index < -0.39 is 12.6 Å². The van der Waals surface area contributed by atoms with Crippen molar-refractivity contribution >= 4 is 24.4 Å². The lowest BCUT2D eigenvalue weighted by Gasteiger charge is -2.06. The van der Waals surface area contributed by atoms with Crippen molar-refractivity contribution in [2.45, 2.75) is 19.3 Å². The summed E-state index contributed by atoms with van der Waals surface area (Å²) in [6.45, 7) is -0.430. The molecular weight excluding hydrogens is 368 g/mol. The molecule has 0 radical (unpaired) electrons. The minimum absolute atomic E-state index is 0.333. The fourth-order valence-electron chi connectivity index (χ4n) is 3.03. The molecule has 0 unspecified atom stereocenters. The molecule has 0 amide bonds. The maximum Gasteiger partial charge on any atom is 0.341 e. The molecule has 1 aliphatic carbocycles. The highest BCUT2D eigenvalue weighted by Crippen LogP contribution is 2.29. The van der Waals surface area contributed by atoms with Crippen LogP contribution in [0.3, 0.4) is 0 Å². The number of benzene rings is 1. The zero-order valence-corrected chi connectivity index (χ0v) is 15.0. The maximum absolute atomic E-state index is 10.7. The topological polar surface area (TPSA) is 121 Å². The number of fused-ring (bicyclic) bond motifs is 1. The van der Waals surface area contributed by atoms with Crippen molar-refractivity contribution in [3.05, 3.63) is 45.9 Å². The number of H-pyrrole nitrogens is 2. The van der Waals surface area contributed by atoms with Crippen LogP contribution in [0.15, 0.2) is 29.4 Å². The van der Waals surface area contributed by atoms with Crippen LogP contribution in [-0.2, 0) is 17.6 Å². The van der Waals surface area contributed by atoms with Gasteiger partial charge in [-0.25, -0.2) is 9.89 Å². The van der Waals surface area contributed by atoms with E-state index in [1.807, 2.05) is 6.07 Å². The molecule has 1 aliphatic rings. The number of hydrogen-bond acceptors (Lipinski definition) is 6. The molecule has 3 aromatic rings. The molecule has 0 bridgehead atoms. The van der Waals surface area contributed by atoms with Gasteiger partial charge in [0, 0.05) is 16.8 Å². The Hall–Kier alpha value is -3.27. The van der Waals surface area contributed by atoms with E-state index in [-0.39, 0.29) is 0 Å². The summed E-state index contributed by atoms with van der Waals surface area (Å²) in [6.07, 6.45) is 4.56. The van der Waals surface area contributed by atoms with Crippen LogP contribution < -0.4 is 4.74 Å². The highest BCUT2D eigenvalue weighted by atomic mass is 32.1. The van der Waals surface area contributed by atoms with E-state index in [2.05, 4.69) is 25.5 Å². The van der Waals surface area contributed by atoms with Crippen molar-refractivity contribution in [3.63, 3.8) is 0 Å². The van der Waals surface area contributed by atoms with Gasteiger partial charge in [0.15, 0.2) is 6.61 Å².